The second-order valence-electron chi connectivity index (χ2n) is 6.08. The number of nitrogens with zero attached hydrogens (tertiary/aromatic N) is 1. The quantitative estimate of drug-likeness (QED) is 0.559. The highest BCUT2D eigenvalue weighted by Crippen LogP contribution is 2.42. The van der Waals surface area contributed by atoms with E-state index in [-0.39, 0.29) is 23.7 Å². The van der Waals surface area contributed by atoms with Crippen LogP contribution in [0.2, 0.25) is 5.02 Å². The number of aromatic hydroxyl groups is 1. The molecule has 1 heterocycles. The lowest BCUT2D eigenvalue weighted by Gasteiger charge is -2.08. The maximum Gasteiger partial charge on any atom is 0.344 e. The number of aliphatic hydroxyl groups excluding tert-OH is 1. The summed E-state index contributed by atoms with van der Waals surface area (Å²) in [5, 5.41) is 22.0. The van der Waals surface area contributed by atoms with Crippen LogP contribution in [0, 0.1) is 0 Å². The van der Waals surface area contributed by atoms with Crippen molar-refractivity contribution >= 4 is 46.1 Å². The fourth-order valence-corrected chi connectivity index (χ4v) is 3.85. The fourth-order valence-electron chi connectivity index (χ4n) is 2.69. The molecule has 30 heavy (non-hydrogen) atoms. The highest BCUT2D eigenvalue weighted by molar-refractivity contribution is 8.18. The number of carbonyl (C=O) groups is 1. The smallest absolute Gasteiger partial charge is 0.344 e. The zero-order valence-corrected chi connectivity index (χ0v) is 18.0. The Bertz CT molecular complexity index is 1040. The van der Waals surface area contributed by atoms with Crippen LogP contribution in [0.4, 0.5) is 5.69 Å². The molecule has 156 valence electrons. The van der Waals surface area contributed by atoms with Crippen LogP contribution in [0.25, 0.3) is 6.08 Å². The van der Waals surface area contributed by atoms with Gasteiger partial charge in [0.1, 0.15) is 16.4 Å². The fraction of sp³-hybridized carbons (Fsp3) is 0.182. The highest BCUT2D eigenvalue weighted by Gasteiger charge is 2.33. The number of ether oxygens (including phenoxy) is 2. The van der Waals surface area contributed by atoms with E-state index in [1.165, 1.54) is 0 Å². The van der Waals surface area contributed by atoms with Crippen LogP contribution < -0.4 is 4.74 Å². The molecule has 2 aromatic rings. The maximum absolute atomic E-state index is 12.5. The number of halogens is 1. The van der Waals surface area contributed by atoms with Crippen molar-refractivity contribution in [2.45, 2.75) is 13.8 Å². The first-order valence-electron chi connectivity index (χ1n) is 9.24. The number of rotatable bonds is 6. The van der Waals surface area contributed by atoms with Gasteiger partial charge in [-0.3, -0.25) is 0 Å². The first-order valence-corrected chi connectivity index (χ1v) is 10.4. The van der Waals surface area contributed by atoms with Crippen molar-refractivity contribution in [3.05, 3.63) is 69.3 Å². The molecule has 0 aromatic heterocycles. The van der Waals surface area contributed by atoms with E-state index in [0.717, 1.165) is 11.8 Å². The van der Waals surface area contributed by atoms with Crippen molar-refractivity contribution in [3.8, 4) is 11.5 Å². The van der Waals surface area contributed by atoms with Gasteiger partial charge in [0.05, 0.1) is 23.8 Å². The SMILES string of the molecule is CCOC(=O)C1=C(O)/C(=C\c2cccc(OCC)c2O)SC1=Nc1ccc(Cl)cc1. The molecule has 0 unspecified atom stereocenters. The third-order valence-corrected chi connectivity index (χ3v) is 5.32. The second-order valence-corrected chi connectivity index (χ2v) is 7.54. The van der Waals surface area contributed by atoms with Crippen LogP contribution in [0.1, 0.15) is 19.4 Å². The van der Waals surface area contributed by atoms with Gasteiger partial charge in [0.15, 0.2) is 11.5 Å². The maximum atomic E-state index is 12.5. The number of phenolic OH excluding ortho intramolecular Hbond substituents is 1. The predicted molar refractivity (Wildman–Crippen MR) is 120 cm³/mol. The highest BCUT2D eigenvalue weighted by atomic mass is 35.5. The molecule has 1 aliphatic rings. The van der Waals surface area contributed by atoms with E-state index < -0.39 is 5.97 Å². The van der Waals surface area contributed by atoms with Crippen LogP contribution in [-0.2, 0) is 9.53 Å². The largest absolute Gasteiger partial charge is 0.506 e. The van der Waals surface area contributed by atoms with E-state index >= 15 is 0 Å². The number of phenols is 1. The molecule has 0 aliphatic carbocycles. The number of para-hydroxylation sites is 1. The Kier molecular flexibility index (Phi) is 7.07. The van der Waals surface area contributed by atoms with Gasteiger partial charge in [-0.1, -0.05) is 35.5 Å². The minimum absolute atomic E-state index is 0.0245. The summed E-state index contributed by atoms with van der Waals surface area (Å²) in [6.07, 6.45) is 1.57. The Morgan fingerprint density at radius 3 is 2.53 bits per heavy atom. The van der Waals surface area contributed by atoms with Crippen molar-refractivity contribution in [3.63, 3.8) is 0 Å². The van der Waals surface area contributed by atoms with Gasteiger partial charge in [-0.05, 0) is 50.3 Å². The number of aliphatic hydroxyl groups is 1. The topological polar surface area (TPSA) is 88.4 Å². The molecule has 1 aliphatic heterocycles. The van der Waals surface area contributed by atoms with Crippen molar-refractivity contribution in [2.75, 3.05) is 13.2 Å². The van der Waals surface area contributed by atoms with Crippen molar-refractivity contribution in [2.24, 2.45) is 4.99 Å². The number of esters is 1. The van der Waals surface area contributed by atoms with Gasteiger partial charge in [-0.2, -0.15) is 0 Å². The predicted octanol–water partition coefficient (Wildman–Crippen LogP) is 5.64. The first-order chi connectivity index (χ1) is 14.4. The second kappa shape index (κ2) is 9.73. The summed E-state index contributed by atoms with van der Waals surface area (Å²) in [7, 11) is 0. The molecule has 0 fully saturated rings. The van der Waals surface area contributed by atoms with E-state index in [4.69, 9.17) is 21.1 Å². The molecule has 6 nitrogen and oxygen atoms in total. The molecule has 8 heteroatoms. The summed E-state index contributed by atoms with van der Waals surface area (Å²) in [5.74, 6) is -0.654. The molecule has 0 atom stereocenters. The molecule has 3 rings (SSSR count). The van der Waals surface area contributed by atoms with Crippen LogP contribution in [0.5, 0.6) is 11.5 Å². The first kappa shape index (κ1) is 21.8. The molecule has 2 N–H and O–H groups in total. The van der Waals surface area contributed by atoms with Gasteiger partial charge < -0.3 is 19.7 Å². The molecule has 0 saturated carbocycles. The lowest BCUT2D eigenvalue weighted by Crippen LogP contribution is -2.12. The molecule has 0 radical (unpaired) electrons. The third kappa shape index (κ3) is 4.80. The zero-order chi connectivity index (χ0) is 21.7. The Labute approximate surface area is 183 Å². The van der Waals surface area contributed by atoms with Gasteiger partial charge in [0.2, 0.25) is 0 Å². The molecule has 0 saturated heterocycles. The lowest BCUT2D eigenvalue weighted by molar-refractivity contribution is -0.138. The standard InChI is InChI=1S/C22H20ClNO5S/c1-3-28-16-7-5-6-13(19(16)25)12-17-20(26)18(22(27)29-4-2)21(30-17)24-15-10-8-14(23)9-11-15/h5-12,25-26H,3-4H2,1-2H3/b17-12+,24-21?. The third-order valence-electron chi connectivity index (χ3n) is 4.04. The Balaban J connectivity index is 2.05. The molecule has 0 spiro atoms. The average molecular weight is 446 g/mol. The van der Waals surface area contributed by atoms with Gasteiger partial charge >= 0.3 is 5.97 Å². The molecular formula is C22H20ClNO5S. The molecule has 0 amide bonds. The number of hydrogen-bond acceptors (Lipinski definition) is 7. The van der Waals surface area contributed by atoms with Crippen LogP contribution >= 0.6 is 23.4 Å². The van der Waals surface area contributed by atoms with E-state index in [9.17, 15) is 15.0 Å². The Hall–Kier alpha value is -2.90. The lowest BCUT2D eigenvalue weighted by atomic mass is 10.1. The summed E-state index contributed by atoms with van der Waals surface area (Å²) in [6.45, 7) is 4.06. The number of hydrogen-bond donors (Lipinski definition) is 2. The Morgan fingerprint density at radius 1 is 1.13 bits per heavy atom. The summed E-state index contributed by atoms with van der Waals surface area (Å²) >= 11 is 7.02. The van der Waals surface area contributed by atoms with Crippen molar-refractivity contribution in [1.29, 1.82) is 0 Å². The zero-order valence-electron chi connectivity index (χ0n) is 16.4. The van der Waals surface area contributed by atoms with Crippen molar-refractivity contribution in [1.82, 2.24) is 0 Å². The number of benzene rings is 2. The number of carbonyl (C=O) groups excluding carboxylic acids is 1. The summed E-state index contributed by atoms with van der Waals surface area (Å²) < 4.78 is 10.5. The van der Waals surface area contributed by atoms with E-state index in [1.807, 2.05) is 6.92 Å². The van der Waals surface area contributed by atoms with E-state index in [1.54, 1.807) is 55.5 Å². The monoisotopic (exact) mass is 445 g/mol. The van der Waals surface area contributed by atoms with E-state index in [2.05, 4.69) is 4.99 Å². The molecule has 0 bridgehead atoms. The molecule has 2 aromatic carbocycles. The average Bonchev–Trinajstić information content (AvgIpc) is 3.02. The minimum Gasteiger partial charge on any atom is -0.506 e. The summed E-state index contributed by atoms with van der Waals surface area (Å²) in [4.78, 5) is 17.3. The van der Waals surface area contributed by atoms with Crippen molar-refractivity contribution < 1.29 is 24.5 Å². The Morgan fingerprint density at radius 2 is 1.87 bits per heavy atom. The molecular weight excluding hydrogens is 426 g/mol. The number of thioether (sulfide) groups is 1. The van der Waals surface area contributed by atoms with Gasteiger partial charge in [-0.25, -0.2) is 9.79 Å². The van der Waals surface area contributed by atoms with Gasteiger partial charge in [0.25, 0.3) is 0 Å². The number of aliphatic imine (C=N–C) groups is 1. The minimum atomic E-state index is -0.675. The van der Waals surface area contributed by atoms with Gasteiger partial charge in [0, 0.05) is 10.6 Å². The van der Waals surface area contributed by atoms with Crippen LogP contribution in [-0.4, -0.2) is 34.4 Å². The van der Waals surface area contributed by atoms with Gasteiger partial charge in [-0.15, -0.1) is 0 Å². The van der Waals surface area contributed by atoms with E-state index in [0.29, 0.717) is 38.6 Å². The summed E-state index contributed by atoms with van der Waals surface area (Å²) in [6, 6.07) is 11.8. The van der Waals surface area contributed by atoms with Crippen LogP contribution in [0.3, 0.4) is 0 Å². The van der Waals surface area contributed by atoms with Crippen LogP contribution in [0.15, 0.2) is 63.7 Å². The summed E-state index contributed by atoms with van der Waals surface area (Å²) in [5.41, 5.74) is 0.980. The normalized spacial score (nSPS) is 16.4.